The largest absolute Gasteiger partial charge is 0.368 e. The molecule has 0 aliphatic rings. The maximum absolute atomic E-state index is 13.3. The minimum Gasteiger partial charge on any atom is -0.368 e. The van der Waals surface area contributed by atoms with Crippen molar-refractivity contribution in [2.75, 3.05) is 0 Å². The Bertz CT molecular complexity index is 484. The lowest BCUT2D eigenvalue weighted by molar-refractivity contribution is -0.118. The van der Waals surface area contributed by atoms with Gasteiger partial charge in [-0.1, -0.05) is 6.07 Å². The second kappa shape index (κ2) is 4.21. The van der Waals surface area contributed by atoms with Crippen LogP contribution in [0.3, 0.4) is 0 Å². The monoisotopic (exact) mass is 203 g/mol. The fourth-order valence-corrected chi connectivity index (χ4v) is 1.12. The Hall–Kier alpha value is -2.40. The summed E-state index contributed by atoms with van der Waals surface area (Å²) in [6, 6.07) is 6.84. The molecule has 74 valence electrons. The van der Waals surface area contributed by atoms with Crippen LogP contribution in [-0.2, 0) is 4.79 Å². The van der Waals surface area contributed by atoms with Gasteiger partial charge in [-0.05, 0) is 12.1 Å². The fourth-order valence-electron chi connectivity index (χ4n) is 1.12. The number of benzene rings is 1. The highest BCUT2D eigenvalue weighted by atomic mass is 19.1. The second-order valence-corrected chi connectivity index (χ2v) is 2.81. The lowest BCUT2D eigenvalue weighted by Crippen LogP contribution is -2.21. The molecule has 5 heteroatoms. The van der Waals surface area contributed by atoms with Gasteiger partial charge in [0.15, 0.2) is 5.92 Å². The summed E-state index contributed by atoms with van der Waals surface area (Å²) >= 11 is 0. The molecule has 0 aliphatic carbocycles. The molecule has 0 bridgehead atoms. The molecular weight excluding hydrogens is 197 g/mol. The van der Waals surface area contributed by atoms with Crippen LogP contribution < -0.4 is 5.73 Å². The van der Waals surface area contributed by atoms with Crippen LogP contribution in [0.2, 0.25) is 0 Å². The molecule has 1 amide bonds. The quantitative estimate of drug-likeness (QED) is 0.770. The molecule has 2 N–H and O–H groups in total. The maximum Gasteiger partial charge on any atom is 0.239 e. The number of halogens is 1. The molecule has 15 heavy (non-hydrogen) atoms. The lowest BCUT2D eigenvalue weighted by atomic mass is 9.98. The van der Waals surface area contributed by atoms with Gasteiger partial charge in [0.05, 0.1) is 17.7 Å². The SMILES string of the molecule is N#Cc1ccc([C@@H](C#N)C(N)=O)c(F)c1. The molecule has 0 spiro atoms. The average molecular weight is 203 g/mol. The van der Waals surface area contributed by atoms with E-state index in [4.69, 9.17) is 16.3 Å². The van der Waals surface area contributed by atoms with Crippen LogP contribution in [0, 0.1) is 28.5 Å². The Kier molecular flexibility index (Phi) is 3.00. The first-order valence-electron chi connectivity index (χ1n) is 3.98. The summed E-state index contributed by atoms with van der Waals surface area (Å²) < 4.78 is 13.3. The highest BCUT2D eigenvalue weighted by Gasteiger charge is 2.20. The number of carbonyl (C=O) groups excluding carboxylic acids is 1. The van der Waals surface area contributed by atoms with Crippen LogP contribution in [0.25, 0.3) is 0 Å². The van der Waals surface area contributed by atoms with E-state index in [0.717, 1.165) is 6.07 Å². The van der Waals surface area contributed by atoms with Gasteiger partial charge in [-0.3, -0.25) is 4.79 Å². The van der Waals surface area contributed by atoms with Crippen molar-refractivity contribution < 1.29 is 9.18 Å². The van der Waals surface area contributed by atoms with Crippen molar-refractivity contribution in [1.82, 2.24) is 0 Å². The van der Waals surface area contributed by atoms with Gasteiger partial charge >= 0.3 is 0 Å². The Morgan fingerprint density at radius 3 is 2.53 bits per heavy atom. The number of hydrogen-bond acceptors (Lipinski definition) is 3. The molecule has 4 nitrogen and oxygen atoms in total. The summed E-state index contributed by atoms with van der Waals surface area (Å²) in [4.78, 5) is 10.8. The van der Waals surface area contributed by atoms with Gasteiger partial charge in [-0.2, -0.15) is 10.5 Å². The van der Waals surface area contributed by atoms with Gasteiger partial charge in [0.1, 0.15) is 5.82 Å². The summed E-state index contributed by atoms with van der Waals surface area (Å²) in [6.07, 6.45) is 0. The molecule has 0 aliphatic heterocycles. The Morgan fingerprint density at radius 1 is 1.47 bits per heavy atom. The van der Waals surface area contributed by atoms with Gasteiger partial charge < -0.3 is 5.73 Å². The van der Waals surface area contributed by atoms with Crippen LogP contribution >= 0.6 is 0 Å². The van der Waals surface area contributed by atoms with Crippen LogP contribution in [0.5, 0.6) is 0 Å². The first-order valence-corrected chi connectivity index (χ1v) is 3.98. The summed E-state index contributed by atoms with van der Waals surface area (Å²) in [5.41, 5.74) is 4.94. The van der Waals surface area contributed by atoms with Crippen molar-refractivity contribution in [1.29, 1.82) is 10.5 Å². The molecule has 1 aromatic rings. The van der Waals surface area contributed by atoms with Gasteiger partial charge in [0.2, 0.25) is 5.91 Å². The molecule has 0 fully saturated rings. The smallest absolute Gasteiger partial charge is 0.239 e. The number of primary amides is 1. The lowest BCUT2D eigenvalue weighted by Gasteiger charge is -2.06. The molecule has 1 aromatic carbocycles. The third-order valence-corrected chi connectivity index (χ3v) is 1.85. The highest BCUT2D eigenvalue weighted by molar-refractivity contribution is 5.84. The number of nitrogens with two attached hydrogens (primary N) is 1. The van der Waals surface area contributed by atoms with E-state index in [1.54, 1.807) is 12.1 Å². The van der Waals surface area contributed by atoms with E-state index in [-0.39, 0.29) is 11.1 Å². The number of amides is 1. The minimum atomic E-state index is -1.32. The predicted octanol–water partition coefficient (Wildman–Crippen LogP) is 0.790. The Labute approximate surface area is 85.3 Å². The Balaban J connectivity index is 3.23. The van der Waals surface area contributed by atoms with Crippen LogP contribution in [0.1, 0.15) is 17.0 Å². The van der Waals surface area contributed by atoms with Crippen LogP contribution in [0.15, 0.2) is 18.2 Å². The van der Waals surface area contributed by atoms with Gasteiger partial charge in [0.25, 0.3) is 0 Å². The van der Waals surface area contributed by atoms with Crippen molar-refractivity contribution in [2.45, 2.75) is 5.92 Å². The summed E-state index contributed by atoms with van der Waals surface area (Å²) in [5.74, 6) is -3.02. The molecule has 1 atom stereocenters. The zero-order valence-electron chi connectivity index (χ0n) is 7.57. The van der Waals surface area contributed by atoms with Crippen molar-refractivity contribution in [2.24, 2.45) is 5.73 Å². The van der Waals surface area contributed by atoms with E-state index in [1.807, 2.05) is 0 Å². The van der Waals surface area contributed by atoms with Crippen LogP contribution in [0.4, 0.5) is 4.39 Å². The Morgan fingerprint density at radius 2 is 2.13 bits per heavy atom. The summed E-state index contributed by atoms with van der Waals surface area (Å²) in [5, 5.41) is 17.1. The van der Waals surface area contributed by atoms with E-state index in [0.29, 0.717) is 0 Å². The van der Waals surface area contributed by atoms with Gasteiger partial charge in [-0.25, -0.2) is 4.39 Å². The maximum atomic E-state index is 13.3. The molecule has 0 unspecified atom stereocenters. The normalized spacial score (nSPS) is 11.1. The van der Waals surface area contributed by atoms with Crippen molar-refractivity contribution >= 4 is 5.91 Å². The minimum absolute atomic E-state index is 0.107. The molecule has 0 radical (unpaired) electrons. The topological polar surface area (TPSA) is 90.7 Å². The number of carbonyl (C=O) groups is 1. The van der Waals surface area contributed by atoms with Crippen molar-refractivity contribution in [3.63, 3.8) is 0 Å². The average Bonchev–Trinajstić information content (AvgIpc) is 2.20. The zero-order chi connectivity index (χ0) is 11.4. The van der Waals surface area contributed by atoms with E-state index in [2.05, 4.69) is 0 Å². The third kappa shape index (κ3) is 2.09. The summed E-state index contributed by atoms with van der Waals surface area (Å²) in [7, 11) is 0. The van der Waals surface area contributed by atoms with Gasteiger partial charge in [0, 0.05) is 5.56 Å². The molecule has 0 heterocycles. The molecule has 0 saturated carbocycles. The number of nitrogens with zero attached hydrogens (tertiary/aromatic N) is 2. The molecule has 0 aromatic heterocycles. The van der Waals surface area contributed by atoms with Crippen molar-refractivity contribution in [3.8, 4) is 12.1 Å². The van der Waals surface area contributed by atoms with Crippen molar-refractivity contribution in [3.05, 3.63) is 35.1 Å². The van der Waals surface area contributed by atoms with E-state index < -0.39 is 17.6 Å². The zero-order valence-corrected chi connectivity index (χ0v) is 7.57. The second-order valence-electron chi connectivity index (χ2n) is 2.81. The van der Waals surface area contributed by atoms with E-state index in [1.165, 1.54) is 12.1 Å². The molecule has 0 saturated heterocycles. The molecule has 1 rings (SSSR count). The van der Waals surface area contributed by atoms with E-state index in [9.17, 15) is 9.18 Å². The fraction of sp³-hybridized carbons (Fsp3) is 0.100. The predicted molar refractivity (Wildman–Crippen MR) is 48.7 cm³/mol. The third-order valence-electron chi connectivity index (χ3n) is 1.85. The number of nitriles is 2. The number of hydrogen-bond donors (Lipinski definition) is 1. The highest BCUT2D eigenvalue weighted by Crippen LogP contribution is 2.19. The van der Waals surface area contributed by atoms with Crippen LogP contribution in [-0.4, -0.2) is 5.91 Å². The molecular formula is C10H6FN3O. The standard InChI is InChI=1S/C10H6FN3O/c11-9-3-6(4-12)1-2-7(9)8(5-13)10(14)15/h1-3,8H,(H2,14,15)/t8-/m1/s1. The van der Waals surface area contributed by atoms with E-state index >= 15 is 0 Å². The first-order chi connectivity index (χ1) is 7.10. The first kappa shape index (κ1) is 10.7. The number of rotatable bonds is 2. The van der Waals surface area contributed by atoms with Gasteiger partial charge in [-0.15, -0.1) is 0 Å². The summed E-state index contributed by atoms with van der Waals surface area (Å²) in [6.45, 7) is 0.